The molecule has 22 heavy (non-hydrogen) atoms. The Morgan fingerprint density at radius 1 is 1.14 bits per heavy atom. The Balaban J connectivity index is 1.65. The van der Waals surface area contributed by atoms with Crippen molar-refractivity contribution in [1.29, 1.82) is 0 Å². The summed E-state index contributed by atoms with van der Waals surface area (Å²) in [6, 6.07) is 5.14. The van der Waals surface area contributed by atoms with Crippen molar-refractivity contribution in [3.05, 3.63) is 28.2 Å². The van der Waals surface area contributed by atoms with E-state index in [2.05, 4.69) is 5.32 Å². The Kier molecular flexibility index (Phi) is 5.00. The van der Waals surface area contributed by atoms with Crippen molar-refractivity contribution in [2.75, 3.05) is 19.6 Å². The average Bonchev–Trinajstić information content (AvgIpc) is 3.32. The summed E-state index contributed by atoms with van der Waals surface area (Å²) < 4.78 is 26.9. The molecule has 7 heteroatoms. The molecule has 0 radical (unpaired) electrons. The summed E-state index contributed by atoms with van der Waals surface area (Å²) in [4.78, 5) is 0.103. The first-order valence-electron chi connectivity index (χ1n) is 7.66. The number of nitrogens with one attached hydrogen (secondary N) is 1. The standard InChI is InChI=1S/C15H20Cl2N2O2S/c16-13-2-1-3-14(15(13)17)22(20,21)19-8-6-12(7-9-19)18-10-11-4-5-11/h1-3,11-12,18H,4-10H2. The van der Waals surface area contributed by atoms with Crippen LogP contribution in [0.4, 0.5) is 0 Å². The van der Waals surface area contributed by atoms with Crippen LogP contribution in [0.15, 0.2) is 23.1 Å². The number of sulfonamides is 1. The summed E-state index contributed by atoms with van der Waals surface area (Å²) in [5.74, 6) is 0.840. The predicted octanol–water partition coefficient (Wildman–Crippen LogP) is 3.15. The number of hydrogen-bond donors (Lipinski definition) is 1. The van der Waals surface area contributed by atoms with E-state index in [1.165, 1.54) is 23.2 Å². The van der Waals surface area contributed by atoms with Crippen LogP contribution in [-0.4, -0.2) is 38.4 Å². The second kappa shape index (κ2) is 6.65. The molecule has 2 fully saturated rings. The van der Waals surface area contributed by atoms with E-state index in [-0.39, 0.29) is 14.9 Å². The van der Waals surface area contributed by atoms with E-state index in [1.807, 2.05) is 0 Å². The molecule has 0 unspecified atom stereocenters. The van der Waals surface area contributed by atoms with Crippen LogP contribution in [0.2, 0.25) is 10.0 Å². The van der Waals surface area contributed by atoms with Gasteiger partial charge in [-0.1, -0.05) is 29.3 Å². The topological polar surface area (TPSA) is 49.4 Å². The molecule has 0 spiro atoms. The molecule has 1 aliphatic carbocycles. The minimum absolute atomic E-state index is 0.103. The van der Waals surface area contributed by atoms with Crippen molar-refractivity contribution >= 4 is 33.2 Å². The minimum Gasteiger partial charge on any atom is -0.314 e. The van der Waals surface area contributed by atoms with Crippen molar-refractivity contribution in [2.45, 2.75) is 36.6 Å². The smallest absolute Gasteiger partial charge is 0.244 e. The molecule has 0 atom stereocenters. The first kappa shape index (κ1) is 16.5. The number of benzene rings is 1. The highest BCUT2D eigenvalue weighted by atomic mass is 35.5. The Labute approximate surface area is 141 Å². The highest BCUT2D eigenvalue weighted by Crippen LogP contribution is 2.32. The highest BCUT2D eigenvalue weighted by Gasteiger charge is 2.32. The van der Waals surface area contributed by atoms with Gasteiger partial charge in [-0.3, -0.25) is 0 Å². The molecule has 1 saturated carbocycles. The van der Waals surface area contributed by atoms with E-state index in [4.69, 9.17) is 23.2 Å². The van der Waals surface area contributed by atoms with E-state index < -0.39 is 10.0 Å². The maximum absolute atomic E-state index is 12.7. The fourth-order valence-electron chi connectivity index (χ4n) is 2.78. The third-order valence-electron chi connectivity index (χ3n) is 4.38. The SMILES string of the molecule is O=S(=O)(c1cccc(Cl)c1Cl)N1CCC(NCC2CC2)CC1. The molecule has 1 aliphatic heterocycles. The number of piperidine rings is 1. The van der Waals surface area contributed by atoms with Gasteiger partial charge < -0.3 is 5.32 Å². The van der Waals surface area contributed by atoms with Crippen LogP contribution in [0, 0.1) is 5.92 Å². The molecular weight excluding hydrogens is 343 g/mol. The Hall–Kier alpha value is -0.330. The lowest BCUT2D eigenvalue weighted by atomic mass is 10.1. The van der Waals surface area contributed by atoms with Crippen LogP contribution in [0.5, 0.6) is 0 Å². The van der Waals surface area contributed by atoms with Gasteiger partial charge in [-0.15, -0.1) is 0 Å². The second-order valence-corrected chi connectivity index (χ2v) is 8.77. The van der Waals surface area contributed by atoms with E-state index >= 15 is 0 Å². The maximum Gasteiger partial charge on any atom is 0.244 e. The molecule has 1 saturated heterocycles. The number of nitrogens with zero attached hydrogens (tertiary/aromatic N) is 1. The zero-order valence-corrected chi connectivity index (χ0v) is 14.6. The van der Waals surface area contributed by atoms with E-state index in [9.17, 15) is 8.42 Å². The lowest BCUT2D eigenvalue weighted by Crippen LogP contribution is -2.45. The molecule has 1 N–H and O–H groups in total. The number of halogens is 2. The molecule has 0 aromatic heterocycles. The van der Waals surface area contributed by atoms with Gasteiger partial charge in [0.1, 0.15) is 4.90 Å². The van der Waals surface area contributed by atoms with Gasteiger partial charge in [-0.2, -0.15) is 4.31 Å². The summed E-state index contributed by atoms with van der Waals surface area (Å²) in [5, 5.41) is 3.92. The molecular formula is C15H20Cl2N2O2S. The summed E-state index contributed by atoms with van der Waals surface area (Å²) in [5.41, 5.74) is 0. The Bertz CT molecular complexity index is 639. The third-order valence-corrected chi connectivity index (χ3v) is 7.25. The lowest BCUT2D eigenvalue weighted by Gasteiger charge is -2.32. The van der Waals surface area contributed by atoms with Crippen molar-refractivity contribution in [3.8, 4) is 0 Å². The number of rotatable bonds is 5. The molecule has 0 bridgehead atoms. The van der Waals surface area contributed by atoms with Crippen LogP contribution in [-0.2, 0) is 10.0 Å². The molecule has 1 aromatic rings. The van der Waals surface area contributed by atoms with Crippen LogP contribution >= 0.6 is 23.2 Å². The Morgan fingerprint density at radius 3 is 2.45 bits per heavy atom. The molecule has 1 heterocycles. The van der Waals surface area contributed by atoms with Crippen molar-refractivity contribution < 1.29 is 8.42 Å². The van der Waals surface area contributed by atoms with Gasteiger partial charge in [-0.05, 0) is 50.3 Å². The molecule has 2 aliphatic rings. The van der Waals surface area contributed by atoms with Gasteiger partial charge in [0.15, 0.2) is 0 Å². The normalized spacial score (nSPS) is 21.2. The van der Waals surface area contributed by atoms with Gasteiger partial charge >= 0.3 is 0 Å². The fraction of sp³-hybridized carbons (Fsp3) is 0.600. The van der Waals surface area contributed by atoms with Gasteiger partial charge in [-0.25, -0.2) is 8.42 Å². The largest absolute Gasteiger partial charge is 0.314 e. The first-order valence-corrected chi connectivity index (χ1v) is 9.85. The summed E-state index contributed by atoms with van der Waals surface area (Å²) in [6.07, 6.45) is 4.33. The zero-order valence-electron chi connectivity index (χ0n) is 12.3. The summed E-state index contributed by atoms with van der Waals surface area (Å²) >= 11 is 12.0. The molecule has 122 valence electrons. The van der Waals surface area contributed by atoms with E-state index in [0.717, 1.165) is 25.3 Å². The Morgan fingerprint density at radius 2 is 1.82 bits per heavy atom. The number of hydrogen-bond acceptors (Lipinski definition) is 3. The fourth-order valence-corrected chi connectivity index (χ4v) is 4.98. The maximum atomic E-state index is 12.7. The average molecular weight is 363 g/mol. The molecule has 0 amide bonds. The molecule has 1 aromatic carbocycles. The summed E-state index contributed by atoms with van der Waals surface area (Å²) in [6.45, 7) is 2.11. The van der Waals surface area contributed by atoms with Crippen LogP contribution < -0.4 is 5.32 Å². The van der Waals surface area contributed by atoms with E-state index in [1.54, 1.807) is 12.1 Å². The van der Waals surface area contributed by atoms with Gasteiger partial charge in [0.25, 0.3) is 0 Å². The van der Waals surface area contributed by atoms with Gasteiger partial charge in [0.05, 0.1) is 10.0 Å². The van der Waals surface area contributed by atoms with Crippen LogP contribution in [0.1, 0.15) is 25.7 Å². The first-order chi connectivity index (χ1) is 10.5. The predicted molar refractivity (Wildman–Crippen MR) is 89.0 cm³/mol. The van der Waals surface area contributed by atoms with Crippen LogP contribution in [0.25, 0.3) is 0 Å². The molecule has 4 nitrogen and oxygen atoms in total. The summed E-state index contributed by atoms with van der Waals surface area (Å²) in [7, 11) is -3.57. The van der Waals surface area contributed by atoms with Crippen LogP contribution in [0.3, 0.4) is 0 Å². The zero-order chi connectivity index (χ0) is 15.7. The van der Waals surface area contributed by atoms with Crippen molar-refractivity contribution in [1.82, 2.24) is 9.62 Å². The van der Waals surface area contributed by atoms with Gasteiger partial charge in [0.2, 0.25) is 10.0 Å². The minimum atomic E-state index is -3.57. The highest BCUT2D eigenvalue weighted by molar-refractivity contribution is 7.89. The second-order valence-electron chi connectivity index (χ2n) is 6.08. The third kappa shape index (κ3) is 3.60. The lowest BCUT2D eigenvalue weighted by molar-refractivity contribution is 0.288. The molecule has 3 rings (SSSR count). The van der Waals surface area contributed by atoms with Crippen molar-refractivity contribution in [2.24, 2.45) is 5.92 Å². The van der Waals surface area contributed by atoms with Gasteiger partial charge in [0, 0.05) is 19.1 Å². The quantitative estimate of drug-likeness (QED) is 0.874. The monoisotopic (exact) mass is 362 g/mol. The van der Waals surface area contributed by atoms with Crippen molar-refractivity contribution in [3.63, 3.8) is 0 Å². The van der Waals surface area contributed by atoms with E-state index in [0.29, 0.717) is 19.1 Å².